The summed E-state index contributed by atoms with van der Waals surface area (Å²) in [7, 11) is 0. The highest BCUT2D eigenvalue weighted by Crippen LogP contribution is 2.36. The summed E-state index contributed by atoms with van der Waals surface area (Å²) in [5, 5.41) is 10.6. The van der Waals surface area contributed by atoms with Gasteiger partial charge in [-0.15, -0.1) is 0 Å². The van der Waals surface area contributed by atoms with Crippen molar-refractivity contribution in [3.8, 4) is 0 Å². The van der Waals surface area contributed by atoms with Crippen molar-refractivity contribution in [2.45, 2.75) is 70.4 Å². The molecule has 0 radical (unpaired) electrons. The Balaban J connectivity index is 1.81. The summed E-state index contributed by atoms with van der Waals surface area (Å²) in [6, 6.07) is 0.635. The van der Waals surface area contributed by atoms with Crippen LogP contribution in [0.5, 0.6) is 0 Å². The number of hydrogen-bond donors (Lipinski definition) is 1. The van der Waals surface area contributed by atoms with Crippen LogP contribution in [0.4, 0.5) is 0 Å². The summed E-state index contributed by atoms with van der Waals surface area (Å²) >= 11 is 0. The van der Waals surface area contributed by atoms with Gasteiger partial charge in [-0.1, -0.05) is 25.7 Å². The highest BCUT2D eigenvalue weighted by Gasteiger charge is 2.35. The summed E-state index contributed by atoms with van der Waals surface area (Å²) in [6.45, 7) is 6.67. The van der Waals surface area contributed by atoms with Crippen LogP contribution in [0.3, 0.4) is 0 Å². The first kappa shape index (κ1) is 12.4. The van der Waals surface area contributed by atoms with Crippen LogP contribution in [-0.4, -0.2) is 34.7 Å². The normalized spacial score (nSPS) is 27.8. The van der Waals surface area contributed by atoms with Crippen LogP contribution in [-0.2, 0) is 0 Å². The molecule has 0 aromatic rings. The fraction of sp³-hybridized carbons (Fsp3) is 1.00. The number of likely N-dealkylation sites (tertiary alicyclic amines) is 1. The van der Waals surface area contributed by atoms with Crippen LogP contribution < -0.4 is 0 Å². The number of nitrogens with zero attached hydrogens (tertiary/aromatic N) is 1. The lowest BCUT2D eigenvalue weighted by Gasteiger charge is -2.41. The minimum atomic E-state index is -0.333. The molecule has 16 heavy (non-hydrogen) atoms. The Morgan fingerprint density at radius 1 is 1.19 bits per heavy atom. The molecule has 2 rings (SSSR count). The van der Waals surface area contributed by atoms with E-state index in [1.807, 2.05) is 0 Å². The molecule has 0 aromatic carbocycles. The van der Waals surface area contributed by atoms with Crippen LogP contribution in [0, 0.1) is 5.92 Å². The van der Waals surface area contributed by atoms with Crippen molar-refractivity contribution in [3.05, 3.63) is 0 Å². The first-order valence-electron chi connectivity index (χ1n) is 7.05. The van der Waals surface area contributed by atoms with Crippen molar-refractivity contribution in [2.24, 2.45) is 5.92 Å². The smallest absolute Gasteiger partial charge is 0.0674 e. The highest BCUT2D eigenvalue weighted by atomic mass is 16.3. The van der Waals surface area contributed by atoms with E-state index in [1.54, 1.807) is 0 Å². The van der Waals surface area contributed by atoms with Gasteiger partial charge in [-0.05, 0) is 39.0 Å². The molecule has 1 heterocycles. The van der Waals surface area contributed by atoms with Gasteiger partial charge in [0.05, 0.1) is 5.60 Å². The Labute approximate surface area is 100 Å². The summed E-state index contributed by atoms with van der Waals surface area (Å²) in [5.41, 5.74) is -0.333. The van der Waals surface area contributed by atoms with E-state index in [1.165, 1.54) is 25.7 Å². The molecule has 2 fully saturated rings. The van der Waals surface area contributed by atoms with Gasteiger partial charge in [0.25, 0.3) is 0 Å². The Hall–Kier alpha value is -0.0800. The standard InChI is InChI=1S/C14H27NO/c1-12(2)15-9-7-14(16,8-10-15)11-13-5-3-4-6-13/h12-13,16H,3-11H2,1-2H3. The van der Waals surface area contributed by atoms with Crippen molar-refractivity contribution in [1.82, 2.24) is 4.90 Å². The van der Waals surface area contributed by atoms with Gasteiger partial charge < -0.3 is 10.0 Å². The Kier molecular flexibility index (Phi) is 3.91. The molecule has 2 aliphatic rings. The second kappa shape index (κ2) is 5.05. The molecule has 94 valence electrons. The largest absolute Gasteiger partial charge is 0.390 e. The highest BCUT2D eigenvalue weighted by molar-refractivity contribution is 4.89. The van der Waals surface area contributed by atoms with Gasteiger partial charge in [0.15, 0.2) is 0 Å². The first-order chi connectivity index (χ1) is 7.59. The minimum absolute atomic E-state index is 0.333. The number of hydrogen-bond acceptors (Lipinski definition) is 2. The summed E-state index contributed by atoms with van der Waals surface area (Å²) in [4.78, 5) is 2.49. The Morgan fingerprint density at radius 3 is 2.25 bits per heavy atom. The second-order valence-corrected chi connectivity index (χ2v) is 6.21. The van der Waals surface area contributed by atoms with Gasteiger partial charge in [0.1, 0.15) is 0 Å². The van der Waals surface area contributed by atoms with E-state index in [9.17, 15) is 5.11 Å². The van der Waals surface area contributed by atoms with Crippen molar-refractivity contribution in [3.63, 3.8) is 0 Å². The van der Waals surface area contributed by atoms with Gasteiger partial charge >= 0.3 is 0 Å². The van der Waals surface area contributed by atoms with E-state index in [0.29, 0.717) is 6.04 Å². The predicted molar refractivity (Wildman–Crippen MR) is 67.5 cm³/mol. The maximum absolute atomic E-state index is 10.6. The summed E-state index contributed by atoms with van der Waals surface area (Å²) in [6.07, 6.45) is 8.53. The van der Waals surface area contributed by atoms with Crippen LogP contribution in [0.15, 0.2) is 0 Å². The second-order valence-electron chi connectivity index (χ2n) is 6.21. The van der Waals surface area contributed by atoms with Gasteiger partial charge in [0.2, 0.25) is 0 Å². The lowest BCUT2D eigenvalue weighted by molar-refractivity contribution is -0.0440. The zero-order valence-electron chi connectivity index (χ0n) is 10.9. The lowest BCUT2D eigenvalue weighted by atomic mass is 9.82. The molecule has 0 atom stereocenters. The average Bonchev–Trinajstić information content (AvgIpc) is 2.70. The average molecular weight is 225 g/mol. The van der Waals surface area contributed by atoms with Gasteiger partial charge in [-0.3, -0.25) is 0 Å². The van der Waals surface area contributed by atoms with E-state index in [0.717, 1.165) is 38.3 Å². The Morgan fingerprint density at radius 2 is 1.75 bits per heavy atom. The maximum atomic E-state index is 10.6. The topological polar surface area (TPSA) is 23.5 Å². The molecule has 1 saturated heterocycles. The zero-order chi connectivity index (χ0) is 11.6. The van der Waals surface area contributed by atoms with Crippen molar-refractivity contribution in [2.75, 3.05) is 13.1 Å². The molecule has 0 amide bonds. The molecule has 1 N–H and O–H groups in total. The van der Waals surface area contributed by atoms with Gasteiger partial charge in [-0.25, -0.2) is 0 Å². The van der Waals surface area contributed by atoms with E-state index in [4.69, 9.17) is 0 Å². The third kappa shape index (κ3) is 2.98. The Bertz CT molecular complexity index is 213. The maximum Gasteiger partial charge on any atom is 0.0674 e. The quantitative estimate of drug-likeness (QED) is 0.798. The molecular weight excluding hydrogens is 198 g/mol. The molecule has 0 aromatic heterocycles. The first-order valence-corrected chi connectivity index (χ1v) is 7.05. The van der Waals surface area contributed by atoms with Crippen molar-refractivity contribution >= 4 is 0 Å². The monoisotopic (exact) mass is 225 g/mol. The van der Waals surface area contributed by atoms with Crippen LogP contribution >= 0.6 is 0 Å². The molecule has 0 bridgehead atoms. The van der Waals surface area contributed by atoms with E-state index in [2.05, 4.69) is 18.7 Å². The summed E-state index contributed by atoms with van der Waals surface area (Å²) < 4.78 is 0. The number of piperidine rings is 1. The van der Waals surface area contributed by atoms with Crippen molar-refractivity contribution < 1.29 is 5.11 Å². The fourth-order valence-corrected chi connectivity index (χ4v) is 3.41. The van der Waals surface area contributed by atoms with Crippen molar-refractivity contribution in [1.29, 1.82) is 0 Å². The predicted octanol–water partition coefficient (Wildman–Crippen LogP) is 2.80. The number of rotatable bonds is 3. The lowest BCUT2D eigenvalue weighted by Crippen LogP contribution is -2.47. The third-order valence-corrected chi connectivity index (χ3v) is 4.60. The minimum Gasteiger partial charge on any atom is -0.390 e. The third-order valence-electron chi connectivity index (χ3n) is 4.60. The zero-order valence-corrected chi connectivity index (χ0v) is 10.9. The van der Waals surface area contributed by atoms with Crippen LogP contribution in [0.25, 0.3) is 0 Å². The molecule has 0 unspecified atom stereocenters. The van der Waals surface area contributed by atoms with Gasteiger partial charge in [0, 0.05) is 19.1 Å². The van der Waals surface area contributed by atoms with E-state index < -0.39 is 0 Å². The van der Waals surface area contributed by atoms with Crippen LogP contribution in [0.2, 0.25) is 0 Å². The SMILES string of the molecule is CC(C)N1CCC(O)(CC2CCCC2)CC1. The van der Waals surface area contributed by atoms with E-state index in [-0.39, 0.29) is 5.60 Å². The molecule has 1 saturated carbocycles. The van der Waals surface area contributed by atoms with E-state index >= 15 is 0 Å². The van der Waals surface area contributed by atoms with Gasteiger partial charge in [-0.2, -0.15) is 0 Å². The fourth-order valence-electron chi connectivity index (χ4n) is 3.41. The van der Waals surface area contributed by atoms with Crippen LogP contribution in [0.1, 0.15) is 58.8 Å². The molecular formula is C14H27NO. The molecule has 2 nitrogen and oxygen atoms in total. The molecule has 1 aliphatic carbocycles. The molecule has 0 spiro atoms. The summed E-state index contributed by atoms with van der Waals surface area (Å²) in [5.74, 6) is 0.815. The number of aliphatic hydroxyl groups is 1. The molecule has 2 heteroatoms. The molecule has 1 aliphatic heterocycles.